The lowest BCUT2D eigenvalue weighted by Crippen LogP contribution is -2.45. The van der Waals surface area contributed by atoms with Crippen LogP contribution in [0.3, 0.4) is 0 Å². The van der Waals surface area contributed by atoms with Crippen LogP contribution >= 0.6 is 0 Å². The minimum absolute atomic E-state index is 0.459. The van der Waals surface area contributed by atoms with Crippen molar-refractivity contribution in [2.45, 2.75) is 13.3 Å². The summed E-state index contributed by atoms with van der Waals surface area (Å²) in [5, 5.41) is 3.19. The molecule has 1 saturated heterocycles. The highest BCUT2D eigenvalue weighted by Crippen LogP contribution is 2.28. The SMILES string of the molecule is CCc1nc(Nc2ncc(-c3ccccc3)c(N(C)C)n2)nc(N2CCN(C)CC2)n1. The Labute approximate surface area is 183 Å². The van der Waals surface area contributed by atoms with Crippen LogP contribution in [-0.4, -0.2) is 77.1 Å². The van der Waals surface area contributed by atoms with Crippen molar-refractivity contribution in [1.82, 2.24) is 29.8 Å². The molecule has 1 N–H and O–H groups in total. The Morgan fingerprint density at radius 2 is 1.68 bits per heavy atom. The monoisotopic (exact) mass is 419 g/mol. The second-order valence-electron chi connectivity index (χ2n) is 7.84. The van der Waals surface area contributed by atoms with Gasteiger partial charge in [0.05, 0.1) is 0 Å². The number of rotatable bonds is 6. The first-order valence-corrected chi connectivity index (χ1v) is 10.6. The molecule has 1 aliphatic heterocycles. The lowest BCUT2D eigenvalue weighted by atomic mass is 10.1. The predicted molar refractivity (Wildman–Crippen MR) is 124 cm³/mol. The molecule has 1 fully saturated rings. The maximum Gasteiger partial charge on any atom is 0.234 e. The van der Waals surface area contributed by atoms with Gasteiger partial charge in [-0.25, -0.2) is 4.98 Å². The van der Waals surface area contributed by atoms with Gasteiger partial charge < -0.3 is 14.7 Å². The first-order valence-electron chi connectivity index (χ1n) is 10.6. The Kier molecular flexibility index (Phi) is 6.22. The molecule has 0 spiro atoms. The van der Waals surface area contributed by atoms with Crippen molar-refractivity contribution in [1.29, 1.82) is 0 Å². The number of benzene rings is 1. The molecule has 162 valence electrons. The minimum Gasteiger partial charge on any atom is -0.362 e. The van der Waals surface area contributed by atoms with Crippen LogP contribution in [0.1, 0.15) is 12.7 Å². The molecule has 1 aromatic carbocycles. The van der Waals surface area contributed by atoms with Crippen LogP contribution in [0, 0.1) is 0 Å². The molecule has 0 atom stereocenters. The van der Waals surface area contributed by atoms with E-state index in [2.05, 4.69) is 54.2 Å². The van der Waals surface area contributed by atoms with Gasteiger partial charge in [0.15, 0.2) is 0 Å². The van der Waals surface area contributed by atoms with Gasteiger partial charge in [-0.2, -0.15) is 19.9 Å². The number of piperazine rings is 1. The van der Waals surface area contributed by atoms with Crippen molar-refractivity contribution in [3.8, 4) is 11.1 Å². The summed E-state index contributed by atoms with van der Waals surface area (Å²) in [6, 6.07) is 10.1. The number of anilines is 4. The van der Waals surface area contributed by atoms with Crippen molar-refractivity contribution in [2.24, 2.45) is 0 Å². The van der Waals surface area contributed by atoms with Crippen LogP contribution in [-0.2, 0) is 6.42 Å². The summed E-state index contributed by atoms with van der Waals surface area (Å²) in [6.45, 7) is 5.83. The molecule has 0 bridgehead atoms. The molecule has 0 unspecified atom stereocenters. The molecule has 9 nitrogen and oxygen atoms in total. The summed E-state index contributed by atoms with van der Waals surface area (Å²) in [5.74, 6) is 3.21. The first kappa shape index (κ1) is 20.9. The van der Waals surface area contributed by atoms with Gasteiger partial charge in [0.1, 0.15) is 11.6 Å². The van der Waals surface area contributed by atoms with Gasteiger partial charge in [-0.05, 0) is 12.6 Å². The van der Waals surface area contributed by atoms with Gasteiger partial charge in [0.2, 0.25) is 17.8 Å². The van der Waals surface area contributed by atoms with Crippen LogP contribution < -0.4 is 15.1 Å². The summed E-state index contributed by atoms with van der Waals surface area (Å²) in [5.41, 5.74) is 2.04. The number of nitrogens with zero attached hydrogens (tertiary/aromatic N) is 8. The summed E-state index contributed by atoms with van der Waals surface area (Å²) >= 11 is 0. The Balaban J connectivity index is 1.62. The van der Waals surface area contributed by atoms with Gasteiger partial charge in [-0.1, -0.05) is 37.3 Å². The van der Waals surface area contributed by atoms with Gasteiger partial charge in [-0.15, -0.1) is 0 Å². The predicted octanol–water partition coefficient (Wildman–Crippen LogP) is 2.45. The lowest BCUT2D eigenvalue weighted by Gasteiger charge is -2.32. The molecular weight excluding hydrogens is 390 g/mol. The molecule has 2 aromatic heterocycles. The van der Waals surface area contributed by atoms with Crippen molar-refractivity contribution in [2.75, 3.05) is 62.4 Å². The van der Waals surface area contributed by atoms with Crippen LogP contribution in [0.15, 0.2) is 36.5 Å². The van der Waals surface area contributed by atoms with Crippen LogP contribution in [0.5, 0.6) is 0 Å². The number of hydrogen-bond acceptors (Lipinski definition) is 9. The average Bonchev–Trinajstić information content (AvgIpc) is 2.80. The molecule has 0 aliphatic carbocycles. The Morgan fingerprint density at radius 3 is 2.35 bits per heavy atom. The largest absolute Gasteiger partial charge is 0.362 e. The maximum atomic E-state index is 4.73. The van der Waals surface area contributed by atoms with Crippen molar-refractivity contribution >= 4 is 23.7 Å². The van der Waals surface area contributed by atoms with E-state index in [1.54, 1.807) is 0 Å². The number of aryl methyl sites for hydroxylation is 1. The van der Waals surface area contributed by atoms with E-state index in [0.717, 1.165) is 55.4 Å². The fourth-order valence-electron chi connectivity index (χ4n) is 3.46. The van der Waals surface area contributed by atoms with Gasteiger partial charge in [-0.3, -0.25) is 5.32 Å². The molecular formula is C22H29N9. The summed E-state index contributed by atoms with van der Waals surface area (Å²) in [7, 11) is 6.08. The molecule has 3 heterocycles. The second-order valence-corrected chi connectivity index (χ2v) is 7.84. The van der Waals surface area contributed by atoms with E-state index in [9.17, 15) is 0 Å². The first-order chi connectivity index (χ1) is 15.0. The number of nitrogens with one attached hydrogen (secondary N) is 1. The smallest absolute Gasteiger partial charge is 0.234 e. The molecule has 31 heavy (non-hydrogen) atoms. The standard InChI is InChI=1S/C22H29N9/c1-5-18-24-21(28-22(25-18)31-13-11-30(4)12-14-31)27-20-23-15-17(19(26-20)29(2)3)16-9-7-6-8-10-16/h6-10,15H,5,11-14H2,1-4H3,(H,23,24,25,26,27,28). The lowest BCUT2D eigenvalue weighted by molar-refractivity contribution is 0.311. The Hall–Kier alpha value is -3.33. The molecule has 0 saturated carbocycles. The fraction of sp³-hybridized carbons (Fsp3) is 0.409. The third-order valence-electron chi connectivity index (χ3n) is 5.27. The minimum atomic E-state index is 0.459. The number of hydrogen-bond donors (Lipinski definition) is 1. The molecule has 3 aromatic rings. The third kappa shape index (κ3) is 4.88. The van der Waals surface area contributed by atoms with Crippen molar-refractivity contribution in [3.63, 3.8) is 0 Å². The zero-order valence-electron chi connectivity index (χ0n) is 18.6. The maximum absolute atomic E-state index is 4.73. The van der Waals surface area contributed by atoms with Gasteiger partial charge in [0.25, 0.3) is 0 Å². The van der Waals surface area contributed by atoms with E-state index >= 15 is 0 Å². The Bertz CT molecular complexity index is 1010. The number of aromatic nitrogens is 5. The van der Waals surface area contributed by atoms with E-state index in [1.165, 1.54) is 0 Å². The van der Waals surface area contributed by atoms with E-state index in [-0.39, 0.29) is 0 Å². The molecule has 0 radical (unpaired) electrons. The van der Waals surface area contributed by atoms with Crippen LogP contribution in [0.2, 0.25) is 0 Å². The average molecular weight is 420 g/mol. The molecule has 9 heteroatoms. The van der Waals surface area contributed by atoms with Crippen molar-refractivity contribution < 1.29 is 0 Å². The highest BCUT2D eigenvalue weighted by Gasteiger charge is 2.19. The third-order valence-corrected chi connectivity index (χ3v) is 5.27. The van der Waals surface area contributed by atoms with Crippen molar-refractivity contribution in [3.05, 3.63) is 42.4 Å². The quantitative estimate of drug-likeness (QED) is 0.647. The van der Waals surface area contributed by atoms with Gasteiger partial charge in [0, 0.05) is 58.5 Å². The van der Waals surface area contributed by atoms with Gasteiger partial charge >= 0.3 is 0 Å². The summed E-state index contributed by atoms with van der Waals surface area (Å²) < 4.78 is 0. The Morgan fingerprint density at radius 1 is 0.935 bits per heavy atom. The van der Waals surface area contributed by atoms with E-state index < -0.39 is 0 Å². The topological polar surface area (TPSA) is 86.2 Å². The fourth-order valence-corrected chi connectivity index (χ4v) is 3.46. The summed E-state index contributed by atoms with van der Waals surface area (Å²) in [6.07, 6.45) is 2.57. The van der Waals surface area contributed by atoms with E-state index in [1.807, 2.05) is 50.3 Å². The highest BCUT2D eigenvalue weighted by molar-refractivity contribution is 5.75. The normalized spacial score (nSPS) is 14.5. The van der Waals surface area contributed by atoms with Crippen LogP contribution in [0.4, 0.5) is 23.7 Å². The number of likely N-dealkylation sites (N-methyl/N-ethyl adjacent to an activating group) is 1. The van der Waals surface area contributed by atoms with Crippen LogP contribution in [0.25, 0.3) is 11.1 Å². The highest BCUT2D eigenvalue weighted by atomic mass is 15.3. The zero-order valence-corrected chi connectivity index (χ0v) is 18.6. The zero-order chi connectivity index (χ0) is 21.8. The summed E-state index contributed by atoms with van der Waals surface area (Å²) in [4.78, 5) is 29.6. The van der Waals surface area contributed by atoms with E-state index in [4.69, 9.17) is 4.98 Å². The molecule has 1 aliphatic rings. The van der Waals surface area contributed by atoms with E-state index in [0.29, 0.717) is 17.8 Å². The molecule has 4 rings (SSSR count). The molecule has 0 amide bonds. The second kappa shape index (κ2) is 9.22.